The van der Waals surface area contributed by atoms with Gasteiger partial charge in [0.2, 0.25) is 5.91 Å². The second-order valence-corrected chi connectivity index (χ2v) is 7.65. The third kappa shape index (κ3) is 8.72. The summed E-state index contributed by atoms with van der Waals surface area (Å²) in [6.07, 6.45) is 1.53. The van der Waals surface area contributed by atoms with Crippen molar-refractivity contribution < 1.29 is 23.8 Å². The number of halogens is 1. The Morgan fingerprint density at radius 3 is 2.41 bits per heavy atom. The average molecular weight is 479 g/mol. The van der Waals surface area contributed by atoms with Gasteiger partial charge in [-0.15, -0.1) is 0 Å². The Bertz CT molecular complexity index is 924. The first-order valence-corrected chi connectivity index (χ1v) is 10.9. The molecule has 9 heteroatoms. The van der Waals surface area contributed by atoms with E-state index in [0.29, 0.717) is 23.1 Å². The molecule has 0 atom stereocenters. The van der Waals surface area contributed by atoms with Crippen molar-refractivity contribution in [2.24, 2.45) is 0 Å². The number of ether oxygens (including phenoxy) is 3. The molecule has 0 saturated carbocycles. The fourth-order valence-corrected chi connectivity index (χ4v) is 3.24. The van der Waals surface area contributed by atoms with Crippen molar-refractivity contribution in [3.8, 4) is 11.5 Å². The highest BCUT2D eigenvalue weighted by molar-refractivity contribution is 7.80. The van der Waals surface area contributed by atoms with Gasteiger partial charge in [-0.2, -0.15) is 0 Å². The van der Waals surface area contributed by atoms with Gasteiger partial charge in [0.1, 0.15) is 0 Å². The number of methoxy groups -OCH3 is 2. The van der Waals surface area contributed by atoms with Crippen LogP contribution in [-0.4, -0.2) is 37.8 Å². The number of carbonyl (C=O) groups is 2. The lowest BCUT2D eigenvalue weighted by Crippen LogP contribution is -2.39. The number of nitrogens with one attached hydrogen (secondary N) is 2. The lowest BCUT2D eigenvalue weighted by Gasteiger charge is -2.13. The van der Waals surface area contributed by atoms with Crippen LogP contribution < -0.4 is 20.1 Å². The molecule has 0 spiro atoms. The third-order valence-corrected chi connectivity index (χ3v) is 5.12. The van der Waals surface area contributed by atoms with Gasteiger partial charge >= 0.3 is 5.97 Å². The molecule has 2 aromatic carbocycles. The highest BCUT2D eigenvalue weighted by atomic mass is 35.5. The summed E-state index contributed by atoms with van der Waals surface area (Å²) < 4.78 is 15.6. The summed E-state index contributed by atoms with van der Waals surface area (Å²) in [5.74, 6) is 0.265. The zero-order valence-electron chi connectivity index (χ0n) is 18.1. The van der Waals surface area contributed by atoms with Crippen LogP contribution in [0.5, 0.6) is 11.5 Å². The normalized spacial score (nSPS) is 10.2. The molecule has 0 unspecified atom stereocenters. The maximum atomic E-state index is 12.0. The summed E-state index contributed by atoms with van der Waals surface area (Å²) in [7, 11) is 3.05. The Morgan fingerprint density at radius 2 is 1.72 bits per heavy atom. The molecular weight excluding hydrogens is 452 g/mol. The van der Waals surface area contributed by atoms with Crippen molar-refractivity contribution in [1.29, 1.82) is 0 Å². The topological polar surface area (TPSA) is 85.9 Å². The number of aryl methyl sites for hydroxylation is 1. The quantitative estimate of drug-likeness (QED) is 0.288. The number of rotatable bonds is 11. The molecule has 0 aliphatic carbocycles. The van der Waals surface area contributed by atoms with Crippen LogP contribution in [0.2, 0.25) is 5.02 Å². The highest BCUT2D eigenvalue weighted by Crippen LogP contribution is 2.32. The molecule has 0 fully saturated rings. The van der Waals surface area contributed by atoms with Crippen molar-refractivity contribution in [2.75, 3.05) is 20.8 Å². The number of benzene rings is 2. The molecule has 2 rings (SSSR count). The van der Waals surface area contributed by atoms with E-state index >= 15 is 0 Å². The summed E-state index contributed by atoms with van der Waals surface area (Å²) in [5.41, 5.74) is 1.92. The Morgan fingerprint density at radius 1 is 1.03 bits per heavy atom. The van der Waals surface area contributed by atoms with Crippen molar-refractivity contribution >= 4 is 40.8 Å². The van der Waals surface area contributed by atoms with E-state index in [1.54, 1.807) is 12.1 Å². The van der Waals surface area contributed by atoms with E-state index in [2.05, 4.69) is 10.6 Å². The first-order chi connectivity index (χ1) is 15.4. The number of esters is 1. The molecule has 0 aliphatic rings. The fraction of sp³-hybridized carbons (Fsp3) is 0.348. The second-order valence-electron chi connectivity index (χ2n) is 6.84. The number of hydrogen-bond acceptors (Lipinski definition) is 6. The van der Waals surface area contributed by atoms with Crippen LogP contribution in [-0.2, 0) is 27.3 Å². The zero-order chi connectivity index (χ0) is 23.3. The lowest BCUT2D eigenvalue weighted by atomic mass is 10.1. The highest BCUT2D eigenvalue weighted by Gasteiger charge is 2.12. The fourth-order valence-electron chi connectivity index (χ4n) is 2.84. The summed E-state index contributed by atoms with van der Waals surface area (Å²) in [6.45, 7) is 0.600. The molecule has 0 aromatic heterocycles. The van der Waals surface area contributed by atoms with Crippen LogP contribution >= 0.6 is 23.8 Å². The maximum Gasteiger partial charge on any atom is 0.306 e. The SMILES string of the molecule is COc1cc(Cl)c(CNC(=S)NC(=O)CCC(=O)OCCCc2ccccc2)cc1OC. The second kappa shape index (κ2) is 13.5. The molecule has 0 saturated heterocycles. The maximum absolute atomic E-state index is 12.0. The van der Waals surface area contributed by atoms with Crippen molar-refractivity contribution in [1.82, 2.24) is 10.6 Å². The minimum absolute atomic E-state index is 0.0126. The van der Waals surface area contributed by atoms with E-state index in [9.17, 15) is 9.59 Å². The molecule has 32 heavy (non-hydrogen) atoms. The average Bonchev–Trinajstić information content (AvgIpc) is 2.80. The minimum Gasteiger partial charge on any atom is -0.493 e. The summed E-state index contributed by atoms with van der Waals surface area (Å²) in [5, 5.41) is 6.05. The van der Waals surface area contributed by atoms with Crippen molar-refractivity contribution in [3.05, 3.63) is 58.6 Å². The van der Waals surface area contributed by atoms with Gasteiger partial charge in [-0.05, 0) is 42.3 Å². The van der Waals surface area contributed by atoms with Crippen LogP contribution in [0.25, 0.3) is 0 Å². The molecule has 2 N–H and O–H groups in total. The minimum atomic E-state index is -0.413. The number of amides is 1. The van der Waals surface area contributed by atoms with Crippen LogP contribution in [0.1, 0.15) is 30.4 Å². The molecule has 2 aromatic rings. The summed E-state index contributed by atoms with van der Waals surface area (Å²) >= 11 is 11.4. The molecular formula is C23H27ClN2O5S. The predicted octanol–water partition coefficient (Wildman–Crippen LogP) is 3.80. The Kier molecular flexibility index (Phi) is 10.8. The van der Waals surface area contributed by atoms with Crippen LogP contribution in [0.15, 0.2) is 42.5 Å². The van der Waals surface area contributed by atoms with E-state index in [4.69, 9.17) is 38.0 Å². The van der Waals surface area contributed by atoms with Gasteiger partial charge in [0.25, 0.3) is 0 Å². The number of hydrogen-bond donors (Lipinski definition) is 2. The van der Waals surface area contributed by atoms with E-state index in [1.807, 2.05) is 30.3 Å². The van der Waals surface area contributed by atoms with E-state index in [1.165, 1.54) is 19.8 Å². The zero-order valence-corrected chi connectivity index (χ0v) is 19.7. The number of carbonyl (C=O) groups excluding carboxylic acids is 2. The van der Waals surface area contributed by atoms with Crippen LogP contribution in [0.4, 0.5) is 0 Å². The Balaban J connectivity index is 1.65. The Hall–Kier alpha value is -2.84. The van der Waals surface area contributed by atoms with Gasteiger partial charge in [0, 0.05) is 24.1 Å². The molecule has 172 valence electrons. The van der Waals surface area contributed by atoms with Gasteiger partial charge in [-0.1, -0.05) is 41.9 Å². The Labute approximate surface area is 198 Å². The van der Waals surface area contributed by atoms with E-state index in [-0.39, 0.29) is 30.4 Å². The molecule has 0 heterocycles. The molecule has 7 nitrogen and oxygen atoms in total. The van der Waals surface area contributed by atoms with E-state index in [0.717, 1.165) is 18.4 Å². The number of thiocarbonyl (C=S) groups is 1. The smallest absolute Gasteiger partial charge is 0.306 e. The summed E-state index contributed by atoms with van der Waals surface area (Å²) in [4.78, 5) is 23.8. The van der Waals surface area contributed by atoms with E-state index < -0.39 is 5.97 Å². The summed E-state index contributed by atoms with van der Waals surface area (Å²) in [6, 6.07) is 13.3. The van der Waals surface area contributed by atoms with Gasteiger partial charge in [0.15, 0.2) is 16.6 Å². The van der Waals surface area contributed by atoms with Gasteiger partial charge < -0.3 is 24.8 Å². The molecule has 0 bridgehead atoms. The first kappa shape index (κ1) is 25.4. The van der Waals surface area contributed by atoms with Crippen molar-refractivity contribution in [3.63, 3.8) is 0 Å². The largest absolute Gasteiger partial charge is 0.493 e. The van der Waals surface area contributed by atoms with Crippen LogP contribution in [0, 0.1) is 0 Å². The molecule has 0 radical (unpaired) electrons. The lowest BCUT2D eigenvalue weighted by molar-refractivity contribution is -0.145. The van der Waals surface area contributed by atoms with Crippen molar-refractivity contribution in [2.45, 2.75) is 32.2 Å². The molecule has 0 aliphatic heterocycles. The van der Waals surface area contributed by atoms with Crippen LogP contribution in [0.3, 0.4) is 0 Å². The predicted molar refractivity (Wildman–Crippen MR) is 127 cm³/mol. The van der Waals surface area contributed by atoms with Gasteiger partial charge in [0.05, 0.1) is 27.2 Å². The third-order valence-electron chi connectivity index (χ3n) is 4.52. The van der Waals surface area contributed by atoms with Gasteiger partial charge in [-0.3, -0.25) is 9.59 Å². The monoisotopic (exact) mass is 478 g/mol. The standard InChI is InChI=1S/C23H27ClN2O5S/c1-29-19-13-17(18(24)14-20(19)30-2)15-25-23(32)26-21(27)10-11-22(28)31-12-6-9-16-7-4-3-5-8-16/h3-5,7-8,13-14H,6,9-12,15H2,1-2H3,(H2,25,26,27,32). The first-order valence-electron chi connectivity index (χ1n) is 10.1. The molecule has 1 amide bonds. The van der Waals surface area contributed by atoms with Gasteiger partial charge in [-0.25, -0.2) is 0 Å².